The number of aromatic nitrogens is 3. The molecule has 0 amide bonds. The molecule has 2 heterocycles. The molecule has 2 aromatic heterocycles. The van der Waals surface area contributed by atoms with Crippen LogP contribution in [0.3, 0.4) is 0 Å². The van der Waals surface area contributed by atoms with Crippen LogP contribution >= 0.6 is 0 Å². The Morgan fingerprint density at radius 3 is 2.65 bits per heavy atom. The van der Waals surface area contributed by atoms with E-state index in [2.05, 4.69) is 32.4 Å². The van der Waals surface area contributed by atoms with Crippen LogP contribution in [0.15, 0.2) is 61.2 Å². The molecule has 3 aromatic rings. The fourth-order valence-electron chi connectivity index (χ4n) is 2.30. The van der Waals surface area contributed by atoms with E-state index in [0.717, 1.165) is 5.69 Å². The van der Waals surface area contributed by atoms with Gasteiger partial charge in [0.1, 0.15) is 12.0 Å². The molecule has 0 fully saturated rings. The van der Waals surface area contributed by atoms with Gasteiger partial charge < -0.3 is 16.0 Å². The summed E-state index contributed by atoms with van der Waals surface area (Å²) in [7, 11) is 1.96. The third kappa shape index (κ3) is 3.55. The highest BCUT2D eigenvalue weighted by Gasteiger charge is 2.12. The van der Waals surface area contributed by atoms with Gasteiger partial charge in [-0.1, -0.05) is 30.3 Å². The van der Waals surface area contributed by atoms with Crippen LogP contribution in [-0.2, 0) is 6.54 Å². The number of rotatable bonds is 5. The van der Waals surface area contributed by atoms with Crippen molar-refractivity contribution in [2.45, 2.75) is 6.54 Å². The van der Waals surface area contributed by atoms with Crippen LogP contribution < -0.4 is 16.0 Å². The minimum Gasteiger partial charge on any atom is -0.393 e. The molecule has 0 saturated carbocycles. The summed E-state index contributed by atoms with van der Waals surface area (Å²) in [5, 5.41) is 3.17. The highest BCUT2D eigenvalue weighted by molar-refractivity contribution is 5.77. The lowest BCUT2D eigenvalue weighted by atomic mass is 10.2. The van der Waals surface area contributed by atoms with E-state index < -0.39 is 0 Å². The Morgan fingerprint density at radius 2 is 1.91 bits per heavy atom. The first kappa shape index (κ1) is 14.8. The minimum atomic E-state index is 0.509. The lowest BCUT2D eigenvalue weighted by Crippen LogP contribution is -2.20. The van der Waals surface area contributed by atoms with Crippen molar-refractivity contribution in [3.63, 3.8) is 0 Å². The summed E-state index contributed by atoms with van der Waals surface area (Å²) in [6.45, 7) is 0.717. The Kier molecular flexibility index (Phi) is 4.33. The number of anilines is 4. The van der Waals surface area contributed by atoms with Gasteiger partial charge >= 0.3 is 0 Å². The van der Waals surface area contributed by atoms with Crippen LogP contribution in [0.25, 0.3) is 0 Å². The lowest BCUT2D eigenvalue weighted by Gasteiger charge is -2.21. The summed E-state index contributed by atoms with van der Waals surface area (Å²) >= 11 is 0. The maximum atomic E-state index is 6.24. The van der Waals surface area contributed by atoms with Gasteiger partial charge in [-0.15, -0.1) is 0 Å². The molecule has 0 aliphatic heterocycles. The number of nitrogens with two attached hydrogens (primary N) is 1. The molecule has 116 valence electrons. The molecule has 3 rings (SSSR count). The summed E-state index contributed by atoms with van der Waals surface area (Å²) in [4.78, 5) is 14.6. The third-order valence-corrected chi connectivity index (χ3v) is 3.41. The Hall–Kier alpha value is -3.15. The van der Waals surface area contributed by atoms with Crippen LogP contribution in [0, 0.1) is 0 Å². The van der Waals surface area contributed by atoms with E-state index in [0.29, 0.717) is 23.9 Å². The van der Waals surface area contributed by atoms with E-state index in [4.69, 9.17) is 5.73 Å². The number of pyridine rings is 1. The van der Waals surface area contributed by atoms with Gasteiger partial charge in [0.2, 0.25) is 0 Å². The molecular weight excluding hydrogens is 288 g/mol. The van der Waals surface area contributed by atoms with Crippen molar-refractivity contribution in [3.8, 4) is 0 Å². The molecule has 0 unspecified atom stereocenters. The zero-order valence-electron chi connectivity index (χ0n) is 12.8. The molecular formula is C17H18N6. The van der Waals surface area contributed by atoms with Gasteiger partial charge in [-0.2, -0.15) is 0 Å². The second kappa shape index (κ2) is 6.74. The summed E-state index contributed by atoms with van der Waals surface area (Å²) < 4.78 is 0. The number of hydrogen-bond acceptors (Lipinski definition) is 6. The smallest absolute Gasteiger partial charge is 0.159 e. The standard InChI is InChI=1S/C17H18N6/c1-23(11-13-6-3-2-4-7-13)17-15(18)16(20-12-21-17)22-14-8-5-9-19-10-14/h2-10,12H,11,18H2,1H3,(H,20,21,22). The fourth-order valence-corrected chi connectivity index (χ4v) is 2.30. The molecule has 6 nitrogen and oxygen atoms in total. The normalized spacial score (nSPS) is 10.3. The molecule has 0 bridgehead atoms. The minimum absolute atomic E-state index is 0.509. The molecule has 0 aliphatic rings. The Morgan fingerprint density at radius 1 is 1.09 bits per heavy atom. The van der Waals surface area contributed by atoms with Crippen molar-refractivity contribution < 1.29 is 0 Å². The zero-order valence-corrected chi connectivity index (χ0v) is 12.8. The van der Waals surface area contributed by atoms with E-state index in [-0.39, 0.29) is 0 Å². The van der Waals surface area contributed by atoms with Gasteiger partial charge in [-0.25, -0.2) is 9.97 Å². The van der Waals surface area contributed by atoms with Crippen molar-refractivity contribution in [1.29, 1.82) is 0 Å². The number of hydrogen-bond donors (Lipinski definition) is 2. The summed E-state index contributed by atoms with van der Waals surface area (Å²) in [6, 6.07) is 13.9. The fraction of sp³-hybridized carbons (Fsp3) is 0.118. The molecule has 3 N–H and O–H groups in total. The maximum absolute atomic E-state index is 6.24. The maximum Gasteiger partial charge on any atom is 0.159 e. The van der Waals surface area contributed by atoms with Gasteiger partial charge in [0.15, 0.2) is 11.6 Å². The first-order chi connectivity index (χ1) is 11.2. The van der Waals surface area contributed by atoms with Crippen LogP contribution in [0.4, 0.5) is 23.0 Å². The van der Waals surface area contributed by atoms with Crippen LogP contribution in [0.2, 0.25) is 0 Å². The summed E-state index contributed by atoms with van der Waals surface area (Å²) in [6.07, 6.45) is 4.94. The average Bonchev–Trinajstić information content (AvgIpc) is 2.58. The van der Waals surface area contributed by atoms with Crippen molar-refractivity contribution in [1.82, 2.24) is 15.0 Å². The lowest BCUT2D eigenvalue weighted by molar-refractivity contribution is 0.894. The molecule has 0 aliphatic carbocycles. The molecule has 0 saturated heterocycles. The first-order valence-corrected chi connectivity index (χ1v) is 7.26. The van der Waals surface area contributed by atoms with Gasteiger partial charge in [0.25, 0.3) is 0 Å². The van der Waals surface area contributed by atoms with Crippen molar-refractivity contribution in [2.24, 2.45) is 0 Å². The van der Waals surface area contributed by atoms with Gasteiger partial charge in [-0.3, -0.25) is 4.98 Å². The highest BCUT2D eigenvalue weighted by Crippen LogP contribution is 2.28. The van der Waals surface area contributed by atoms with Crippen molar-refractivity contribution in [3.05, 3.63) is 66.7 Å². The molecule has 1 aromatic carbocycles. The van der Waals surface area contributed by atoms with Crippen LogP contribution in [-0.4, -0.2) is 22.0 Å². The molecule has 23 heavy (non-hydrogen) atoms. The predicted octanol–water partition coefficient (Wildman–Crippen LogP) is 2.83. The van der Waals surface area contributed by atoms with E-state index >= 15 is 0 Å². The topological polar surface area (TPSA) is 80.0 Å². The summed E-state index contributed by atoms with van der Waals surface area (Å²) in [5.41, 5.74) is 8.76. The van der Waals surface area contributed by atoms with E-state index in [1.165, 1.54) is 11.9 Å². The van der Waals surface area contributed by atoms with E-state index in [1.807, 2.05) is 42.3 Å². The second-order valence-corrected chi connectivity index (χ2v) is 5.17. The highest BCUT2D eigenvalue weighted by atomic mass is 15.2. The average molecular weight is 306 g/mol. The van der Waals surface area contributed by atoms with E-state index in [1.54, 1.807) is 12.4 Å². The summed E-state index contributed by atoms with van der Waals surface area (Å²) in [5.74, 6) is 1.26. The second-order valence-electron chi connectivity index (χ2n) is 5.17. The number of nitrogen functional groups attached to an aromatic ring is 1. The van der Waals surface area contributed by atoms with Crippen LogP contribution in [0.1, 0.15) is 5.56 Å². The zero-order chi connectivity index (χ0) is 16.1. The molecule has 0 atom stereocenters. The molecule has 6 heteroatoms. The largest absolute Gasteiger partial charge is 0.393 e. The monoisotopic (exact) mass is 306 g/mol. The Balaban J connectivity index is 1.81. The predicted molar refractivity (Wildman–Crippen MR) is 92.5 cm³/mol. The van der Waals surface area contributed by atoms with Crippen LogP contribution in [0.5, 0.6) is 0 Å². The van der Waals surface area contributed by atoms with Gasteiger partial charge in [0.05, 0.1) is 11.9 Å². The third-order valence-electron chi connectivity index (χ3n) is 3.41. The Bertz CT molecular complexity index is 761. The quantitative estimate of drug-likeness (QED) is 0.754. The first-order valence-electron chi connectivity index (χ1n) is 7.26. The number of nitrogens with zero attached hydrogens (tertiary/aromatic N) is 4. The number of nitrogens with one attached hydrogen (secondary N) is 1. The van der Waals surface area contributed by atoms with Gasteiger partial charge in [-0.05, 0) is 17.7 Å². The van der Waals surface area contributed by atoms with Crippen molar-refractivity contribution >= 4 is 23.0 Å². The molecule has 0 spiro atoms. The SMILES string of the molecule is CN(Cc1ccccc1)c1ncnc(Nc2cccnc2)c1N. The Labute approximate surface area is 135 Å². The molecule has 0 radical (unpaired) electrons. The van der Waals surface area contributed by atoms with Crippen molar-refractivity contribution in [2.75, 3.05) is 23.0 Å². The van der Waals surface area contributed by atoms with Gasteiger partial charge in [0, 0.05) is 19.8 Å². The number of benzene rings is 1. The van der Waals surface area contributed by atoms with E-state index in [9.17, 15) is 0 Å².